The number of nitrogens with zero attached hydrogens (tertiary/aromatic N) is 1. The van der Waals surface area contributed by atoms with Crippen molar-refractivity contribution in [3.8, 4) is 0 Å². The van der Waals surface area contributed by atoms with Gasteiger partial charge in [-0.25, -0.2) is 0 Å². The predicted octanol–water partition coefficient (Wildman–Crippen LogP) is 3.82. The fourth-order valence-electron chi connectivity index (χ4n) is 4.35. The maximum absolute atomic E-state index is 12.2. The molecule has 1 heterocycles. The maximum atomic E-state index is 12.2. The van der Waals surface area contributed by atoms with Crippen LogP contribution in [0.25, 0.3) is 0 Å². The molecule has 1 aliphatic carbocycles. The Balaban J connectivity index is 1.41. The summed E-state index contributed by atoms with van der Waals surface area (Å²) in [6.45, 7) is 6.77. The van der Waals surface area contributed by atoms with Gasteiger partial charge in [0.05, 0.1) is 0 Å². The summed E-state index contributed by atoms with van der Waals surface area (Å²) in [4.78, 5) is 14.8. The molecule has 0 spiro atoms. The molecule has 0 bridgehead atoms. The summed E-state index contributed by atoms with van der Waals surface area (Å²) in [5.74, 6) is 0.931. The third-order valence-electron chi connectivity index (χ3n) is 6.05. The Morgan fingerprint density at radius 2 is 1.85 bits per heavy atom. The Morgan fingerprint density at radius 1 is 1.15 bits per heavy atom. The van der Waals surface area contributed by atoms with Gasteiger partial charge in [-0.2, -0.15) is 0 Å². The van der Waals surface area contributed by atoms with E-state index in [1.807, 2.05) is 0 Å². The summed E-state index contributed by atoms with van der Waals surface area (Å²) in [5, 5.41) is 6.48. The summed E-state index contributed by atoms with van der Waals surface area (Å²) in [6, 6.07) is 9.00. The predicted molar refractivity (Wildman–Crippen MR) is 108 cm³/mol. The molecule has 0 aromatic heterocycles. The highest BCUT2D eigenvalue weighted by Crippen LogP contribution is 2.27. The van der Waals surface area contributed by atoms with E-state index in [9.17, 15) is 4.79 Å². The Morgan fingerprint density at radius 3 is 2.54 bits per heavy atom. The molecule has 1 unspecified atom stereocenters. The average molecular weight is 358 g/mol. The Labute approximate surface area is 158 Å². The molecule has 3 rings (SSSR count). The van der Waals surface area contributed by atoms with E-state index in [2.05, 4.69) is 46.7 Å². The monoisotopic (exact) mass is 357 g/mol. The van der Waals surface area contributed by atoms with Crippen molar-refractivity contribution in [1.82, 2.24) is 10.2 Å². The lowest BCUT2D eigenvalue weighted by molar-refractivity contribution is -0.116. The molecule has 1 aliphatic heterocycles. The van der Waals surface area contributed by atoms with Gasteiger partial charge in [0.15, 0.2) is 0 Å². The van der Waals surface area contributed by atoms with Gasteiger partial charge in [-0.3, -0.25) is 9.69 Å². The van der Waals surface area contributed by atoms with Gasteiger partial charge < -0.3 is 10.6 Å². The summed E-state index contributed by atoms with van der Waals surface area (Å²) in [5.41, 5.74) is 2.27. The lowest BCUT2D eigenvalue weighted by atomic mass is 9.86. The fraction of sp³-hybridized carbons (Fsp3) is 0.682. The SMILES string of the molecule is CC(Cc1ccc(NC(=O)CCC2CCCCC2)cc1)N1CCNCC1. The van der Waals surface area contributed by atoms with Crippen LogP contribution >= 0.6 is 0 Å². The first kappa shape index (κ1) is 19.4. The minimum atomic E-state index is 0.164. The quantitative estimate of drug-likeness (QED) is 0.780. The largest absolute Gasteiger partial charge is 0.326 e. The fourth-order valence-corrected chi connectivity index (χ4v) is 4.35. The smallest absolute Gasteiger partial charge is 0.224 e. The van der Waals surface area contributed by atoms with E-state index in [1.165, 1.54) is 37.7 Å². The van der Waals surface area contributed by atoms with Gasteiger partial charge in [0.2, 0.25) is 5.91 Å². The molecule has 1 aromatic carbocycles. The molecule has 4 nitrogen and oxygen atoms in total. The topological polar surface area (TPSA) is 44.4 Å². The minimum absolute atomic E-state index is 0.164. The zero-order valence-corrected chi connectivity index (χ0v) is 16.3. The van der Waals surface area contributed by atoms with Crippen molar-refractivity contribution in [2.75, 3.05) is 31.5 Å². The van der Waals surface area contributed by atoms with Crippen LogP contribution in [0, 0.1) is 5.92 Å². The molecule has 1 saturated carbocycles. The van der Waals surface area contributed by atoms with Crippen LogP contribution < -0.4 is 10.6 Å². The third kappa shape index (κ3) is 6.10. The van der Waals surface area contributed by atoms with Crippen molar-refractivity contribution >= 4 is 11.6 Å². The van der Waals surface area contributed by atoms with Gasteiger partial charge in [-0.05, 0) is 43.4 Å². The third-order valence-corrected chi connectivity index (χ3v) is 6.05. The molecule has 4 heteroatoms. The van der Waals surface area contributed by atoms with E-state index in [1.54, 1.807) is 0 Å². The van der Waals surface area contributed by atoms with Gasteiger partial charge in [0.25, 0.3) is 0 Å². The van der Waals surface area contributed by atoms with E-state index >= 15 is 0 Å². The van der Waals surface area contributed by atoms with Crippen molar-refractivity contribution in [2.24, 2.45) is 5.92 Å². The second-order valence-electron chi connectivity index (χ2n) is 8.13. The molecule has 2 N–H and O–H groups in total. The number of amides is 1. The lowest BCUT2D eigenvalue weighted by Gasteiger charge is -2.32. The minimum Gasteiger partial charge on any atom is -0.326 e. The average Bonchev–Trinajstić information content (AvgIpc) is 2.69. The Hall–Kier alpha value is -1.39. The first-order valence-electron chi connectivity index (χ1n) is 10.5. The number of benzene rings is 1. The van der Waals surface area contributed by atoms with Crippen LogP contribution in [0.5, 0.6) is 0 Å². The van der Waals surface area contributed by atoms with E-state index in [0.29, 0.717) is 12.5 Å². The van der Waals surface area contributed by atoms with Crippen LogP contribution in [0.3, 0.4) is 0 Å². The van der Waals surface area contributed by atoms with Crippen molar-refractivity contribution in [3.05, 3.63) is 29.8 Å². The van der Waals surface area contributed by atoms with Crippen LogP contribution in [0.4, 0.5) is 5.69 Å². The summed E-state index contributed by atoms with van der Waals surface area (Å²) >= 11 is 0. The van der Waals surface area contributed by atoms with Gasteiger partial charge in [-0.15, -0.1) is 0 Å². The van der Waals surface area contributed by atoms with Crippen molar-refractivity contribution in [1.29, 1.82) is 0 Å². The number of carbonyl (C=O) groups excluding carboxylic acids is 1. The molecule has 0 radical (unpaired) electrons. The van der Waals surface area contributed by atoms with E-state index in [-0.39, 0.29) is 5.91 Å². The van der Waals surface area contributed by atoms with E-state index in [0.717, 1.165) is 50.6 Å². The van der Waals surface area contributed by atoms with Crippen LogP contribution in [-0.2, 0) is 11.2 Å². The number of nitrogens with one attached hydrogen (secondary N) is 2. The Kier molecular flexibility index (Phi) is 7.51. The molecular weight excluding hydrogens is 322 g/mol. The Bertz CT molecular complexity index is 545. The molecule has 1 aromatic rings. The summed E-state index contributed by atoms with van der Waals surface area (Å²) in [6.07, 6.45) is 9.47. The highest BCUT2D eigenvalue weighted by molar-refractivity contribution is 5.90. The first-order valence-corrected chi connectivity index (χ1v) is 10.5. The summed E-state index contributed by atoms with van der Waals surface area (Å²) < 4.78 is 0. The highest BCUT2D eigenvalue weighted by atomic mass is 16.1. The van der Waals surface area contributed by atoms with Crippen molar-refractivity contribution in [3.63, 3.8) is 0 Å². The molecule has 1 atom stereocenters. The van der Waals surface area contributed by atoms with Gasteiger partial charge >= 0.3 is 0 Å². The standard InChI is InChI=1S/C22H35N3O/c1-18(25-15-13-23-14-16-25)17-20-7-10-21(11-8-20)24-22(26)12-9-19-5-3-2-4-6-19/h7-8,10-11,18-19,23H,2-6,9,12-17H2,1H3,(H,24,26). The highest BCUT2D eigenvalue weighted by Gasteiger charge is 2.17. The number of hydrogen-bond donors (Lipinski definition) is 2. The second-order valence-corrected chi connectivity index (χ2v) is 8.13. The van der Waals surface area contributed by atoms with Crippen LogP contribution in [-0.4, -0.2) is 43.0 Å². The first-order chi connectivity index (χ1) is 12.7. The van der Waals surface area contributed by atoms with Gasteiger partial charge in [0.1, 0.15) is 0 Å². The van der Waals surface area contributed by atoms with Gasteiger partial charge in [-0.1, -0.05) is 44.2 Å². The van der Waals surface area contributed by atoms with E-state index < -0.39 is 0 Å². The zero-order chi connectivity index (χ0) is 18.2. The number of anilines is 1. The molecule has 2 aliphatic rings. The molecule has 144 valence electrons. The zero-order valence-electron chi connectivity index (χ0n) is 16.3. The molecule has 2 fully saturated rings. The van der Waals surface area contributed by atoms with Gasteiger partial charge in [0, 0.05) is 44.3 Å². The van der Waals surface area contributed by atoms with Crippen molar-refractivity contribution in [2.45, 2.75) is 64.3 Å². The number of hydrogen-bond acceptors (Lipinski definition) is 3. The molecule has 26 heavy (non-hydrogen) atoms. The summed E-state index contributed by atoms with van der Waals surface area (Å²) in [7, 11) is 0. The molecule has 1 saturated heterocycles. The number of carbonyl (C=O) groups is 1. The van der Waals surface area contributed by atoms with Crippen LogP contribution in [0.2, 0.25) is 0 Å². The second kappa shape index (κ2) is 10.1. The van der Waals surface area contributed by atoms with Crippen LogP contribution in [0.15, 0.2) is 24.3 Å². The molecule has 1 amide bonds. The van der Waals surface area contributed by atoms with Crippen molar-refractivity contribution < 1.29 is 4.79 Å². The number of piperazine rings is 1. The normalized spacial score (nSPS) is 20.7. The van der Waals surface area contributed by atoms with Crippen LogP contribution in [0.1, 0.15) is 57.4 Å². The van der Waals surface area contributed by atoms with E-state index in [4.69, 9.17) is 0 Å². The maximum Gasteiger partial charge on any atom is 0.224 e. The number of rotatable bonds is 7. The molecular formula is C22H35N3O. The lowest BCUT2D eigenvalue weighted by Crippen LogP contribution is -2.48.